The molecule has 0 aliphatic heterocycles. The van der Waals surface area contributed by atoms with Crippen LogP contribution in [0.15, 0.2) is 48.5 Å². The van der Waals surface area contributed by atoms with E-state index in [0.717, 1.165) is 36.1 Å². The van der Waals surface area contributed by atoms with Crippen molar-refractivity contribution in [2.24, 2.45) is 0 Å². The molecule has 0 saturated heterocycles. The molecule has 6 nitrogen and oxygen atoms in total. The lowest BCUT2D eigenvalue weighted by Crippen LogP contribution is -2.39. The molecule has 0 bridgehead atoms. The van der Waals surface area contributed by atoms with Crippen LogP contribution in [0.25, 0.3) is 0 Å². The number of rotatable bonds is 6. The molecule has 156 valence electrons. The van der Waals surface area contributed by atoms with Crippen LogP contribution >= 0.6 is 12.4 Å². The van der Waals surface area contributed by atoms with Crippen LogP contribution in [0.4, 0.5) is 10.5 Å². The van der Waals surface area contributed by atoms with Crippen LogP contribution in [0.1, 0.15) is 42.0 Å². The molecule has 0 heterocycles. The molecule has 1 aliphatic rings. The Balaban J connectivity index is 0.00000300. The molecule has 1 atom stereocenters. The van der Waals surface area contributed by atoms with Gasteiger partial charge in [-0.3, -0.25) is 4.79 Å². The van der Waals surface area contributed by atoms with Gasteiger partial charge in [-0.15, -0.1) is 12.4 Å². The summed E-state index contributed by atoms with van der Waals surface area (Å²) in [6, 6.07) is 15.5. The number of carbonyl (C=O) groups is 2. The number of amides is 3. The normalized spacial score (nSPS) is 14.9. The summed E-state index contributed by atoms with van der Waals surface area (Å²) >= 11 is 0. The number of nitrogen functional groups attached to an aromatic ring is 1. The molecule has 2 aromatic rings. The highest BCUT2D eigenvalue weighted by Gasteiger charge is 2.21. The highest BCUT2D eigenvalue weighted by atomic mass is 35.5. The Hall–Kier alpha value is -2.73. The van der Waals surface area contributed by atoms with Crippen molar-refractivity contribution in [1.29, 1.82) is 0 Å². The average molecular weight is 417 g/mol. The molecule has 1 unspecified atom stereocenters. The summed E-state index contributed by atoms with van der Waals surface area (Å²) in [5.74, 6) is -0.0549. The fourth-order valence-corrected chi connectivity index (χ4v) is 3.60. The summed E-state index contributed by atoms with van der Waals surface area (Å²) < 4.78 is 0. The lowest BCUT2D eigenvalue weighted by molar-refractivity contribution is -0.121. The second-order valence-corrected chi connectivity index (χ2v) is 7.29. The first-order valence-electron chi connectivity index (χ1n) is 9.73. The minimum atomic E-state index is -0.185. The monoisotopic (exact) mass is 416 g/mol. The third kappa shape index (κ3) is 6.39. The third-order valence-corrected chi connectivity index (χ3v) is 5.05. The van der Waals surface area contributed by atoms with Crippen LogP contribution in [0.3, 0.4) is 0 Å². The summed E-state index contributed by atoms with van der Waals surface area (Å²) in [4.78, 5) is 26.1. The van der Waals surface area contributed by atoms with E-state index in [4.69, 9.17) is 5.73 Å². The molecule has 0 aromatic heterocycles. The fraction of sp³-hybridized carbons (Fsp3) is 0.364. The largest absolute Gasteiger partial charge is 0.399 e. The van der Waals surface area contributed by atoms with Gasteiger partial charge in [-0.2, -0.15) is 0 Å². The zero-order chi connectivity index (χ0) is 19.9. The molecular weight excluding hydrogens is 388 g/mol. The maximum atomic E-state index is 12.3. The molecule has 0 spiro atoms. The number of nitrogens with two attached hydrogens (primary N) is 1. The Morgan fingerprint density at radius 1 is 1.17 bits per heavy atom. The standard InChI is InChI=1S/C22H28N4O2.ClH/c1-26(15-16-6-3-2-4-7-16)22(28)24-13-12-21(27)25-20-9-5-8-17-14-18(23)10-11-19(17)20;/h2-4,6-7,10-11,14,20H,5,8-9,12-13,15,23H2,1H3,(H,24,28)(H,25,27);1H. The van der Waals surface area contributed by atoms with E-state index in [2.05, 4.69) is 10.6 Å². The molecule has 0 radical (unpaired) electrons. The van der Waals surface area contributed by atoms with Crippen molar-refractivity contribution in [1.82, 2.24) is 15.5 Å². The number of aryl methyl sites for hydroxylation is 1. The molecule has 3 amide bonds. The zero-order valence-corrected chi connectivity index (χ0v) is 17.5. The highest BCUT2D eigenvalue weighted by molar-refractivity contribution is 5.85. The predicted octanol–water partition coefficient (Wildman–Crippen LogP) is 3.42. The number of hydrogen-bond acceptors (Lipinski definition) is 3. The van der Waals surface area contributed by atoms with E-state index in [-0.39, 0.29) is 36.8 Å². The van der Waals surface area contributed by atoms with Crippen molar-refractivity contribution < 1.29 is 9.59 Å². The topological polar surface area (TPSA) is 87.5 Å². The van der Waals surface area contributed by atoms with Crippen LogP contribution in [0, 0.1) is 0 Å². The summed E-state index contributed by atoms with van der Waals surface area (Å²) in [6.45, 7) is 0.839. The Labute approximate surface area is 178 Å². The molecule has 29 heavy (non-hydrogen) atoms. The van der Waals surface area contributed by atoms with E-state index in [1.54, 1.807) is 11.9 Å². The second-order valence-electron chi connectivity index (χ2n) is 7.29. The van der Waals surface area contributed by atoms with Gasteiger partial charge < -0.3 is 21.3 Å². The number of nitrogens with zero attached hydrogens (tertiary/aromatic N) is 1. The number of fused-ring (bicyclic) bond motifs is 1. The Morgan fingerprint density at radius 2 is 1.93 bits per heavy atom. The van der Waals surface area contributed by atoms with Crippen LogP contribution in [0.2, 0.25) is 0 Å². The van der Waals surface area contributed by atoms with Crippen molar-refractivity contribution in [3.05, 3.63) is 65.2 Å². The number of urea groups is 1. The van der Waals surface area contributed by atoms with Gasteiger partial charge in [0.15, 0.2) is 0 Å². The number of hydrogen-bond donors (Lipinski definition) is 3. The van der Waals surface area contributed by atoms with Crippen LogP contribution < -0.4 is 16.4 Å². The van der Waals surface area contributed by atoms with E-state index < -0.39 is 0 Å². The van der Waals surface area contributed by atoms with Crippen molar-refractivity contribution in [2.75, 3.05) is 19.3 Å². The summed E-state index contributed by atoms with van der Waals surface area (Å²) in [6.07, 6.45) is 3.21. The molecule has 4 N–H and O–H groups in total. The van der Waals surface area contributed by atoms with Crippen LogP contribution in [-0.4, -0.2) is 30.4 Å². The molecule has 7 heteroatoms. The maximum Gasteiger partial charge on any atom is 0.317 e. The number of nitrogens with one attached hydrogen (secondary N) is 2. The summed E-state index contributed by atoms with van der Waals surface area (Å²) in [5, 5.41) is 5.90. The van der Waals surface area contributed by atoms with E-state index in [1.807, 2.05) is 48.5 Å². The zero-order valence-electron chi connectivity index (χ0n) is 16.7. The average Bonchev–Trinajstić information content (AvgIpc) is 2.68. The molecular formula is C22H29ClN4O2. The van der Waals surface area contributed by atoms with Gasteiger partial charge in [0.1, 0.15) is 0 Å². The second kappa shape index (κ2) is 10.7. The highest BCUT2D eigenvalue weighted by Crippen LogP contribution is 2.30. The number of benzene rings is 2. The van der Waals surface area contributed by atoms with Gasteiger partial charge in [0.25, 0.3) is 0 Å². The minimum absolute atomic E-state index is 0. The first kappa shape index (κ1) is 22.6. The van der Waals surface area contributed by atoms with Crippen LogP contribution in [-0.2, 0) is 17.8 Å². The fourth-order valence-electron chi connectivity index (χ4n) is 3.60. The minimum Gasteiger partial charge on any atom is -0.399 e. The Bertz CT molecular complexity index is 829. The van der Waals surface area contributed by atoms with Crippen LogP contribution in [0.5, 0.6) is 0 Å². The van der Waals surface area contributed by atoms with Gasteiger partial charge in [0.2, 0.25) is 5.91 Å². The van der Waals surface area contributed by atoms with Crippen molar-refractivity contribution in [3.8, 4) is 0 Å². The summed E-state index contributed by atoms with van der Waals surface area (Å²) in [7, 11) is 1.74. The smallest absolute Gasteiger partial charge is 0.317 e. The Kier molecular flexibility index (Phi) is 8.34. The van der Waals surface area contributed by atoms with Crippen molar-refractivity contribution in [3.63, 3.8) is 0 Å². The molecule has 0 fully saturated rings. The van der Waals surface area contributed by atoms with Crippen molar-refractivity contribution in [2.45, 2.75) is 38.3 Å². The number of carbonyl (C=O) groups excluding carboxylic acids is 2. The summed E-state index contributed by atoms with van der Waals surface area (Å²) in [5.41, 5.74) is 10.1. The first-order valence-corrected chi connectivity index (χ1v) is 9.73. The van der Waals surface area contributed by atoms with E-state index in [9.17, 15) is 9.59 Å². The molecule has 0 saturated carbocycles. The van der Waals surface area contributed by atoms with Gasteiger partial charge in [0.05, 0.1) is 6.04 Å². The van der Waals surface area contributed by atoms with Gasteiger partial charge in [-0.1, -0.05) is 36.4 Å². The Morgan fingerprint density at radius 3 is 2.69 bits per heavy atom. The van der Waals surface area contributed by atoms with Crippen molar-refractivity contribution >= 4 is 30.0 Å². The van der Waals surface area contributed by atoms with Gasteiger partial charge >= 0.3 is 6.03 Å². The first-order chi connectivity index (χ1) is 13.5. The van der Waals surface area contributed by atoms with Gasteiger partial charge in [0, 0.05) is 32.2 Å². The quantitative estimate of drug-likeness (QED) is 0.630. The SMILES string of the molecule is CN(Cc1ccccc1)C(=O)NCCC(=O)NC1CCCc2cc(N)ccc21.Cl. The lowest BCUT2D eigenvalue weighted by atomic mass is 9.87. The van der Waals surface area contributed by atoms with E-state index >= 15 is 0 Å². The molecule has 2 aromatic carbocycles. The third-order valence-electron chi connectivity index (χ3n) is 5.05. The number of halogens is 1. The lowest BCUT2D eigenvalue weighted by Gasteiger charge is -2.26. The number of anilines is 1. The predicted molar refractivity (Wildman–Crippen MR) is 118 cm³/mol. The van der Waals surface area contributed by atoms with E-state index in [1.165, 1.54) is 5.56 Å². The molecule has 1 aliphatic carbocycles. The molecule has 3 rings (SSSR count). The van der Waals surface area contributed by atoms with Gasteiger partial charge in [-0.25, -0.2) is 4.79 Å². The maximum absolute atomic E-state index is 12.3. The van der Waals surface area contributed by atoms with E-state index in [0.29, 0.717) is 13.1 Å². The van der Waals surface area contributed by atoms with Gasteiger partial charge in [-0.05, 0) is 48.1 Å².